The number of carbonyl (C=O) groups is 1. The van der Waals surface area contributed by atoms with E-state index in [1.807, 2.05) is 6.07 Å². The summed E-state index contributed by atoms with van der Waals surface area (Å²) in [4.78, 5) is 12.9. The Morgan fingerprint density at radius 1 is 1.13 bits per heavy atom. The number of aromatic amines is 1. The third kappa shape index (κ3) is 6.50. The number of hydrogen-bond acceptors (Lipinski definition) is 6. The number of rotatable bonds is 12. The monoisotopic (exact) mass is 461 g/mol. The molecule has 0 bridgehead atoms. The molecule has 0 aliphatic heterocycles. The highest BCUT2D eigenvalue weighted by atomic mass is 35.5. The number of H-pyrrole nitrogens is 1. The zero-order valence-electron chi connectivity index (χ0n) is 17.3. The Bertz CT molecular complexity index is 978. The predicted molar refractivity (Wildman–Crippen MR) is 122 cm³/mol. The van der Waals surface area contributed by atoms with Crippen molar-refractivity contribution in [1.82, 2.24) is 20.6 Å². The summed E-state index contributed by atoms with van der Waals surface area (Å²) in [5, 5.41) is 17.6. The molecule has 0 fully saturated rings. The maximum atomic E-state index is 12.9. The van der Waals surface area contributed by atoms with Crippen molar-refractivity contribution in [2.24, 2.45) is 0 Å². The van der Waals surface area contributed by atoms with E-state index in [1.165, 1.54) is 0 Å². The van der Waals surface area contributed by atoms with Crippen LogP contribution in [0, 0.1) is 0 Å². The third-order valence-electron chi connectivity index (χ3n) is 4.80. The van der Waals surface area contributed by atoms with Crippen LogP contribution < -0.4 is 5.32 Å². The molecule has 1 aromatic heterocycles. The number of ketones is 1. The molecular formula is C22H25Cl2N5O2. The van der Waals surface area contributed by atoms with Crippen molar-refractivity contribution in [1.29, 1.82) is 0 Å². The second-order valence-corrected chi connectivity index (χ2v) is 7.90. The van der Waals surface area contributed by atoms with E-state index >= 15 is 0 Å². The van der Waals surface area contributed by atoms with Gasteiger partial charge in [-0.1, -0.05) is 47.7 Å². The van der Waals surface area contributed by atoms with E-state index in [0.717, 1.165) is 43.4 Å². The quantitative estimate of drug-likeness (QED) is 0.287. The highest BCUT2D eigenvalue weighted by Crippen LogP contribution is 2.29. The van der Waals surface area contributed by atoms with E-state index in [9.17, 15) is 4.79 Å². The fraction of sp³-hybridized carbons (Fsp3) is 0.364. The summed E-state index contributed by atoms with van der Waals surface area (Å²) >= 11 is 12.6. The number of benzene rings is 2. The lowest BCUT2D eigenvalue weighted by Gasteiger charge is -2.15. The van der Waals surface area contributed by atoms with Gasteiger partial charge in [0, 0.05) is 29.3 Å². The minimum Gasteiger partial charge on any atom is -0.377 e. The molecule has 2 aromatic carbocycles. The number of anilines is 1. The van der Waals surface area contributed by atoms with Crippen LogP contribution in [-0.4, -0.2) is 39.6 Å². The number of halogens is 2. The fourth-order valence-electron chi connectivity index (χ4n) is 3.20. The van der Waals surface area contributed by atoms with E-state index < -0.39 is 0 Å². The van der Waals surface area contributed by atoms with Crippen LogP contribution in [0.15, 0.2) is 36.4 Å². The summed E-state index contributed by atoms with van der Waals surface area (Å²) in [6.45, 7) is 3.94. The maximum Gasteiger partial charge on any atom is 0.240 e. The molecule has 0 saturated heterocycles. The standard InChI is InChI=1S/C22H25Cl2N5O2/c1-2-5-18-16(14-31-13-4-3-12-25-22-26-28-29-27-22)8-11-19(20(18)24)21(30)15-6-9-17(23)10-7-15/h6-11H,2-5,12-14H2,1H3,(H2,25,26,27,28,29). The van der Waals surface area contributed by atoms with E-state index in [1.54, 1.807) is 30.3 Å². The molecule has 9 heteroatoms. The molecule has 0 spiro atoms. The fourth-order valence-corrected chi connectivity index (χ4v) is 3.69. The third-order valence-corrected chi connectivity index (χ3v) is 5.49. The molecule has 31 heavy (non-hydrogen) atoms. The molecule has 0 saturated carbocycles. The molecule has 164 valence electrons. The Labute approximate surface area is 191 Å². The predicted octanol–water partition coefficient (Wildman–Crippen LogP) is 5.10. The molecule has 0 amide bonds. The normalized spacial score (nSPS) is 10.9. The van der Waals surface area contributed by atoms with Crippen LogP contribution in [0.3, 0.4) is 0 Å². The van der Waals surface area contributed by atoms with Crippen molar-refractivity contribution in [3.8, 4) is 0 Å². The Balaban J connectivity index is 1.57. The summed E-state index contributed by atoms with van der Waals surface area (Å²) in [6, 6.07) is 10.6. The number of tetrazole rings is 1. The summed E-state index contributed by atoms with van der Waals surface area (Å²) < 4.78 is 5.86. The number of nitrogens with one attached hydrogen (secondary N) is 2. The van der Waals surface area contributed by atoms with Gasteiger partial charge < -0.3 is 10.1 Å². The first-order valence-electron chi connectivity index (χ1n) is 10.3. The highest BCUT2D eigenvalue weighted by molar-refractivity contribution is 6.36. The number of unbranched alkanes of at least 4 members (excludes halogenated alkanes) is 1. The van der Waals surface area contributed by atoms with Crippen LogP contribution in [0.1, 0.15) is 53.2 Å². The van der Waals surface area contributed by atoms with Gasteiger partial charge in [-0.15, -0.1) is 0 Å². The number of hydrogen-bond donors (Lipinski definition) is 2. The van der Waals surface area contributed by atoms with Crippen LogP contribution in [0.2, 0.25) is 10.0 Å². The van der Waals surface area contributed by atoms with Crippen molar-refractivity contribution in [2.45, 2.75) is 39.2 Å². The Kier molecular flexibility index (Phi) is 8.82. The van der Waals surface area contributed by atoms with Gasteiger partial charge in [-0.05, 0) is 71.1 Å². The van der Waals surface area contributed by atoms with Crippen molar-refractivity contribution < 1.29 is 9.53 Å². The Morgan fingerprint density at radius 2 is 1.94 bits per heavy atom. The molecular weight excluding hydrogens is 437 g/mol. The van der Waals surface area contributed by atoms with Crippen LogP contribution in [0.5, 0.6) is 0 Å². The largest absolute Gasteiger partial charge is 0.377 e. The molecule has 1 heterocycles. The number of aromatic nitrogens is 4. The van der Waals surface area contributed by atoms with Crippen molar-refractivity contribution in [3.05, 3.63) is 68.7 Å². The molecule has 0 unspecified atom stereocenters. The molecule has 3 aromatic rings. The van der Waals surface area contributed by atoms with Crippen LogP contribution in [0.4, 0.5) is 5.95 Å². The Hall–Kier alpha value is -2.48. The number of nitrogens with zero attached hydrogens (tertiary/aromatic N) is 3. The Morgan fingerprint density at radius 3 is 2.65 bits per heavy atom. The first-order chi connectivity index (χ1) is 15.1. The molecule has 0 radical (unpaired) electrons. The lowest BCUT2D eigenvalue weighted by molar-refractivity contribution is 0.103. The first kappa shape index (κ1) is 23.2. The molecule has 2 N–H and O–H groups in total. The van der Waals surface area contributed by atoms with Gasteiger partial charge >= 0.3 is 0 Å². The van der Waals surface area contributed by atoms with E-state index in [-0.39, 0.29) is 5.78 Å². The summed E-state index contributed by atoms with van der Waals surface area (Å²) in [6.07, 6.45) is 3.54. The van der Waals surface area contributed by atoms with Crippen molar-refractivity contribution in [3.63, 3.8) is 0 Å². The van der Waals surface area contributed by atoms with Gasteiger partial charge in [-0.3, -0.25) is 4.79 Å². The molecule has 0 aliphatic carbocycles. The van der Waals surface area contributed by atoms with Gasteiger partial charge in [-0.2, -0.15) is 0 Å². The van der Waals surface area contributed by atoms with Gasteiger partial charge in [0.1, 0.15) is 0 Å². The minimum atomic E-state index is -0.110. The van der Waals surface area contributed by atoms with E-state index in [0.29, 0.717) is 40.3 Å². The smallest absolute Gasteiger partial charge is 0.240 e. The van der Waals surface area contributed by atoms with Crippen LogP contribution >= 0.6 is 23.2 Å². The second-order valence-electron chi connectivity index (χ2n) is 7.09. The molecule has 0 aliphatic rings. The second kappa shape index (κ2) is 11.8. The van der Waals surface area contributed by atoms with E-state index in [2.05, 4.69) is 32.9 Å². The lowest BCUT2D eigenvalue weighted by atomic mass is 9.96. The minimum absolute atomic E-state index is 0.110. The van der Waals surface area contributed by atoms with Gasteiger partial charge in [0.05, 0.1) is 11.6 Å². The zero-order chi connectivity index (χ0) is 22.1. The lowest BCUT2D eigenvalue weighted by Crippen LogP contribution is -2.08. The van der Waals surface area contributed by atoms with E-state index in [4.69, 9.17) is 27.9 Å². The van der Waals surface area contributed by atoms with Gasteiger partial charge in [0.15, 0.2) is 5.78 Å². The van der Waals surface area contributed by atoms with Gasteiger partial charge in [-0.25, -0.2) is 5.10 Å². The molecule has 7 nitrogen and oxygen atoms in total. The number of ether oxygens (including phenoxy) is 1. The van der Waals surface area contributed by atoms with Gasteiger partial charge in [0.25, 0.3) is 0 Å². The maximum absolute atomic E-state index is 12.9. The van der Waals surface area contributed by atoms with Crippen molar-refractivity contribution in [2.75, 3.05) is 18.5 Å². The molecule has 3 rings (SSSR count). The summed E-state index contributed by atoms with van der Waals surface area (Å²) in [5.41, 5.74) is 3.06. The van der Waals surface area contributed by atoms with Crippen LogP contribution in [0.25, 0.3) is 0 Å². The topological polar surface area (TPSA) is 92.8 Å². The van der Waals surface area contributed by atoms with Crippen molar-refractivity contribution >= 4 is 34.9 Å². The summed E-state index contributed by atoms with van der Waals surface area (Å²) in [7, 11) is 0. The summed E-state index contributed by atoms with van der Waals surface area (Å²) in [5.74, 6) is 0.453. The zero-order valence-corrected chi connectivity index (χ0v) is 18.8. The first-order valence-corrected chi connectivity index (χ1v) is 11.0. The van der Waals surface area contributed by atoms with Gasteiger partial charge in [0.2, 0.25) is 5.95 Å². The average molecular weight is 462 g/mol. The SMILES string of the molecule is CCCc1c(COCCCCNc2nnn[nH]2)ccc(C(=O)c2ccc(Cl)cc2)c1Cl. The van der Waals surface area contributed by atoms with Crippen LogP contribution in [-0.2, 0) is 17.8 Å². The number of carbonyl (C=O) groups excluding carboxylic acids is 1. The molecule has 0 atom stereocenters. The average Bonchev–Trinajstić information content (AvgIpc) is 3.29. The highest BCUT2D eigenvalue weighted by Gasteiger charge is 2.18.